The Labute approximate surface area is 120 Å². The monoisotopic (exact) mass is 327 g/mol. The fraction of sp³-hybridized carbons (Fsp3) is 0.462. The summed E-state index contributed by atoms with van der Waals surface area (Å²) in [5.41, 5.74) is 0. The molecule has 2 rings (SSSR count). The third-order valence-electron chi connectivity index (χ3n) is 2.64. The predicted octanol–water partition coefficient (Wildman–Crippen LogP) is 3.50. The molecule has 18 heavy (non-hydrogen) atoms. The minimum atomic E-state index is 0.667. The smallest absolute Gasteiger partial charge is 0.122 e. The van der Waals surface area contributed by atoms with Crippen LogP contribution >= 0.6 is 27.3 Å². The van der Waals surface area contributed by atoms with Gasteiger partial charge in [0.25, 0.3) is 0 Å². The van der Waals surface area contributed by atoms with Crippen molar-refractivity contribution >= 4 is 27.3 Å². The molecule has 0 aliphatic carbocycles. The molecule has 0 spiro atoms. The first-order chi connectivity index (χ1) is 8.66. The number of thiophene rings is 1. The molecule has 98 valence electrons. The molecule has 0 fully saturated rings. The first-order valence-corrected chi connectivity index (χ1v) is 7.76. The molecule has 0 atom stereocenters. The van der Waals surface area contributed by atoms with E-state index in [1.165, 1.54) is 9.35 Å². The summed E-state index contributed by atoms with van der Waals surface area (Å²) in [5, 5.41) is 5.53. The van der Waals surface area contributed by atoms with Crippen LogP contribution in [-0.2, 0) is 13.1 Å². The number of rotatable bonds is 6. The second-order valence-electron chi connectivity index (χ2n) is 4.69. The van der Waals surface area contributed by atoms with Gasteiger partial charge in [0.15, 0.2) is 0 Å². The highest BCUT2D eigenvalue weighted by Crippen LogP contribution is 2.23. The van der Waals surface area contributed by atoms with E-state index in [9.17, 15) is 0 Å². The molecule has 0 bridgehead atoms. The van der Waals surface area contributed by atoms with Crippen molar-refractivity contribution in [3.8, 4) is 0 Å². The molecule has 0 aliphatic heterocycles. The van der Waals surface area contributed by atoms with Gasteiger partial charge in [0.05, 0.1) is 13.1 Å². The van der Waals surface area contributed by atoms with E-state index in [-0.39, 0.29) is 0 Å². The molecule has 2 heterocycles. The normalized spacial score (nSPS) is 11.3. The average Bonchev–Trinajstić information content (AvgIpc) is 2.90. The quantitative estimate of drug-likeness (QED) is 0.879. The van der Waals surface area contributed by atoms with Crippen LogP contribution in [0.4, 0.5) is 0 Å². The van der Waals surface area contributed by atoms with Crippen LogP contribution in [0.5, 0.6) is 0 Å². The zero-order valence-corrected chi connectivity index (χ0v) is 13.1. The SMILES string of the molecule is CC(C)CNCc1nccn1Cc1sccc1Br. The summed E-state index contributed by atoms with van der Waals surface area (Å²) >= 11 is 5.34. The van der Waals surface area contributed by atoms with Gasteiger partial charge in [0.1, 0.15) is 5.82 Å². The van der Waals surface area contributed by atoms with Gasteiger partial charge in [-0.3, -0.25) is 0 Å². The number of nitrogens with one attached hydrogen (secondary N) is 1. The number of nitrogens with zero attached hydrogens (tertiary/aromatic N) is 2. The number of aromatic nitrogens is 2. The van der Waals surface area contributed by atoms with Crippen LogP contribution in [-0.4, -0.2) is 16.1 Å². The Hall–Kier alpha value is -0.650. The van der Waals surface area contributed by atoms with E-state index in [4.69, 9.17) is 0 Å². The van der Waals surface area contributed by atoms with Gasteiger partial charge < -0.3 is 9.88 Å². The molecule has 2 aromatic heterocycles. The minimum Gasteiger partial charge on any atom is -0.329 e. The summed E-state index contributed by atoms with van der Waals surface area (Å²) in [6.07, 6.45) is 3.91. The maximum absolute atomic E-state index is 4.41. The molecule has 2 aromatic rings. The van der Waals surface area contributed by atoms with Crippen LogP contribution in [0.25, 0.3) is 0 Å². The lowest BCUT2D eigenvalue weighted by Gasteiger charge is -2.09. The van der Waals surface area contributed by atoms with Crippen LogP contribution in [0.1, 0.15) is 24.5 Å². The molecule has 0 amide bonds. The minimum absolute atomic E-state index is 0.667. The van der Waals surface area contributed by atoms with E-state index in [1.807, 2.05) is 12.4 Å². The second kappa shape index (κ2) is 6.50. The van der Waals surface area contributed by atoms with E-state index in [0.717, 1.165) is 25.5 Å². The fourth-order valence-corrected chi connectivity index (χ4v) is 3.19. The van der Waals surface area contributed by atoms with Crippen LogP contribution in [0.2, 0.25) is 0 Å². The highest BCUT2D eigenvalue weighted by Gasteiger charge is 2.07. The highest BCUT2D eigenvalue weighted by atomic mass is 79.9. The van der Waals surface area contributed by atoms with E-state index < -0.39 is 0 Å². The van der Waals surface area contributed by atoms with Crippen molar-refractivity contribution in [1.29, 1.82) is 0 Å². The molecule has 0 saturated heterocycles. The van der Waals surface area contributed by atoms with Crippen molar-refractivity contribution < 1.29 is 0 Å². The average molecular weight is 328 g/mol. The van der Waals surface area contributed by atoms with E-state index in [2.05, 4.69) is 56.1 Å². The lowest BCUT2D eigenvalue weighted by molar-refractivity contribution is 0.533. The number of imidazole rings is 1. The number of hydrogen-bond donors (Lipinski definition) is 1. The predicted molar refractivity (Wildman–Crippen MR) is 79.9 cm³/mol. The lowest BCUT2D eigenvalue weighted by Crippen LogP contribution is -2.21. The molecule has 0 aromatic carbocycles. The van der Waals surface area contributed by atoms with E-state index in [1.54, 1.807) is 11.3 Å². The van der Waals surface area contributed by atoms with Crippen molar-refractivity contribution in [1.82, 2.24) is 14.9 Å². The first-order valence-electron chi connectivity index (χ1n) is 6.09. The zero-order valence-electron chi connectivity index (χ0n) is 10.7. The maximum atomic E-state index is 4.41. The Morgan fingerprint density at radius 2 is 2.33 bits per heavy atom. The number of halogens is 1. The van der Waals surface area contributed by atoms with Crippen molar-refractivity contribution in [2.75, 3.05) is 6.54 Å². The van der Waals surface area contributed by atoms with E-state index in [0.29, 0.717) is 5.92 Å². The zero-order chi connectivity index (χ0) is 13.0. The Bertz CT molecular complexity index is 490. The van der Waals surface area contributed by atoms with Gasteiger partial charge in [0, 0.05) is 21.7 Å². The van der Waals surface area contributed by atoms with Gasteiger partial charge in [0.2, 0.25) is 0 Å². The van der Waals surface area contributed by atoms with Crippen LogP contribution in [0, 0.1) is 5.92 Å². The highest BCUT2D eigenvalue weighted by molar-refractivity contribution is 9.10. The van der Waals surface area contributed by atoms with Crippen molar-refractivity contribution in [3.05, 3.63) is 39.0 Å². The molecule has 5 heteroatoms. The Morgan fingerprint density at radius 3 is 3.00 bits per heavy atom. The van der Waals surface area contributed by atoms with Crippen LogP contribution < -0.4 is 5.32 Å². The van der Waals surface area contributed by atoms with Gasteiger partial charge in [-0.2, -0.15) is 0 Å². The molecular weight excluding hydrogens is 310 g/mol. The van der Waals surface area contributed by atoms with Gasteiger partial charge in [-0.05, 0) is 39.8 Å². The third kappa shape index (κ3) is 3.67. The summed E-state index contributed by atoms with van der Waals surface area (Å²) < 4.78 is 3.38. The summed E-state index contributed by atoms with van der Waals surface area (Å²) in [6, 6.07) is 2.09. The molecule has 0 saturated carbocycles. The van der Waals surface area contributed by atoms with Crippen LogP contribution in [0.3, 0.4) is 0 Å². The first kappa shape index (κ1) is 13.8. The molecule has 0 aliphatic rings. The number of hydrogen-bond acceptors (Lipinski definition) is 3. The third-order valence-corrected chi connectivity index (χ3v) is 4.55. The van der Waals surface area contributed by atoms with Gasteiger partial charge in [-0.15, -0.1) is 11.3 Å². The Morgan fingerprint density at radius 1 is 1.50 bits per heavy atom. The summed E-state index contributed by atoms with van der Waals surface area (Å²) in [7, 11) is 0. The fourth-order valence-electron chi connectivity index (χ4n) is 1.72. The standard InChI is InChI=1S/C13H18BrN3S/c1-10(2)7-15-8-13-16-4-5-17(13)9-12-11(14)3-6-18-12/h3-6,10,15H,7-9H2,1-2H3. The summed E-state index contributed by atoms with van der Waals surface area (Å²) in [6.45, 7) is 7.16. The summed E-state index contributed by atoms with van der Waals surface area (Å²) in [5.74, 6) is 1.76. The van der Waals surface area contributed by atoms with E-state index >= 15 is 0 Å². The molecule has 0 radical (unpaired) electrons. The van der Waals surface area contributed by atoms with Gasteiger partial charge in [-0.25, -0.2) is 4.98 Å². The topological polar surface area (TPSA) is 29.9 Å². The van der Waals surface area contributed by atoms with Crippen molar-refractivity contribution in [3.63, 3.8) is 0 Å². The second-order valence-corrected chi connectivity index (χ2v) is 6.54. The maximum Gasteiger partial charge on any atom is 0.122 e. The van der Waals surface area contributed by atoms with Gasteiger partial charge >= 0.3 is 0 Å². The molecule has 0 unspecified atom stereocenters. The molecular formula is C13H18BrN3S. The Balaban J connectivity index is 1.97. The molecule has 3 nitrogen and oxygen atoms in total. The Kier molecular flexibility index (Phi) is 4.97. The lowest BCUT2D eigenvalue weighted by atomic mass is 10.2. The van der Waals surface area contributed by atoms with Crippen LogP contribution in [0.15, 0.2) is 28.3 Å². The van der Waals surface area contributed by atoms with Gasteiger partial charge in [-0.1, -0.05) is 13.8 Å². The van der Waals surface area contributed by atoms with Crippen molar-refractivity contribution in [2.45, 2.75) is 26.9 Å². The summed E-state index contributed by atoms with van der Waals surface area (Å²) in [4.78, 5) is 5.74. The van der Waals surface area contributed by atoms with Crippen molar-refractivity contribution in [2.24, 2.45) is 5.92 Å². The molecule has 1 N–H and O–H groups in total. The largest absolute Gasteiger partial charge is 0.329 e.